The number of carbonyl (C=O) groups excluding carboxylic acids is 1. The van der Waals surface area contributed by atoms with Crippen molar-refractivity contribution in [2.45, 2.75) is 46.1 Å². The topological polar surface area (TPSA) is 92.7 Å². The van der Waals surface area contributed by atoms with E-state index in [4.69, 9.17) is 9.97 Å². The van der Waals surface area contributed by atoms with Crippen molar-refractivity contribution in [2.24, 2.45) is 0 Å². The highest BCUT2D eigenvalue weighted by Gasteiger charge is 2.23. The van der Waals surface area contributed by atoms with Crippen molar-refractivity contribution in [2.75, 3.05) is 5.32 Å². The number of carbonyl (C=O) groups is 1. The molecule has 0 atom stereocenters. The van der Waals surface area contributed by atoms with E-state index in [1.54, 1.807) is 4.57 Å². The molecule has 0 saturated carbocycles. The van der Waals surface area contributed by atoms with E-state index in [9.17, 15) is 9.59 Å². The van der Waals surface area contributed by atoms with Crippen LogP contribution in [0.5, 0.6) is 0 Å². The highest BCUT2D eigenvalue weighted by atomic mass is 32.1. The summed E-state index contributed by atoms with van der Waals surface area (Å²) in [5.74, 6) is 0.582. The molecule has 0 saturated heterocycles. The highest BCUT2D eigenvalue weighted by molar-refractivity contribution is 7.21. The quantitative estimate of drug-likeness (QED) is 0.342. The lowest BCUT2D eigenvalue weighted by molar-refractivity contribution is 0.103. The van der Waals surface area contributed by atoms with Gasteiger partial charge in [-0.3, -0.25) is 19.5 Å². The Morgan fingerprint density at radius 1 is 1.15 bits per heavy atom. The van der Waals surface area contributed by atoms with E-state index in [1.165, 1.54) is 22.7 Å². The first kappa shape index (κ1) is 21.2. The molecule has 1 aliphatic rings. The second-order valence-electron chi connectivity index (χ2n) is 8.69. The molecule has 0 bridgehead atoms. The number of thiophene rings is 1. The number of para-hydroxylation sites is 1. The Kier molecular flexibility index (Phi) is 5.11. The average Bonchev–Trinajstić information content (AvgIpc) is 3.43. The Labute approximate surface area is 203 Å². The number of fused-ring (bicyclic) bond motifs is 3. The molecule has 1 aliphatic heterocycles. The van der Waals surface area contributed by atoms with Crippen LogP contribution in [0, 0.1) is 13.8 Å². The number of aromatic nitrogens is 4. The Hall–Kier alpha value is -3.30. The van der Waals surface area contributed by atoms with Crippen LogP contribution >= 0.6 is 22.7 Å². The summed E-state index contributed by atoms with van der Waals surface area (Å²) in [6.45, 7) is 4.56. The zero-order valence-electron chi connectivity index (χ0n) is 18.9. The normalized spacial score (nSPS) is 13.8. The second kappa shape index (κ2) is 8.18. The lowest BCUT2D eigenvalue weighted by Crippen LogP contribution is -2.24. The number of rotatable bonds is 3. The first-order valence-corrected chi connectivity index (χ1v) is 13.1. The molecule has 0 unspecified atom stereocenters. The molecule has 1 amide bonds. The van der Waals surface area contributed by atoms with Gasteiger partial charge in [-0.15, -0.1) is 22.7 Å². The van der Waals surface area contributed by atoms with Gasteiger partial charge in [-0.2, -0.15) is 0 Å². The summed E-state index contributed by atoms with van der Waals surface area (Å²) in [7, 11) is 0. The van der Waals surface area contributed by atoms with Crippen molar-refractivity contribution >= 4 is 54.8 Å². The summed E-state index contributed by atoms with van der Waals surface area (Å²) < 4.78 is 1.80. The monoisotopic (exact) mass is 489 g/mol. The van der Waals surface area contributed by atoms with Crippen LogP contribution in [0.15, 0.2) is 34.4 Å². The van der Waals surface area contributed by atoms with Gasteiger partial charge in [0.15, 0.2) is 5.13 Å². The number of anilines is 1. The Bertz CT molecular complexity index is 1640. The molecular formula is C25H23N5O2S2. The van der Waals surface area contributed by atoms with Gasteiger partial charge < -0.3 is 4.98 Å². The molecule has 9 heteroatoms. The number of nitrogens with zero attached hydrogens (tertiary/aromatic N) is 3. The third-order valence-electron chi connectivity index (χ3n) is 6.49. The predicted molar refractivity (Wildman–Crippen MR) is 138 cm³/mol. The molecule has 4 aromatic heterocycles. The maximum Gasteiger partial charge on any atom is 0.267 e. The van der Waals surface area contributed by atoms with Gasteiger partial charge in [-0.05, 0) is 38.3 Å². The summed E-state index contributed by atoms with van der Waals surface area (Å²) in [5.41, 5.74) is 4.64. The van der Waals surface area contributed by atoms with Crippen molar-refractivity contribution in [1.29, 1.82) is 0 Å². The van der Waals surface area contributed by atoms with Crippen LogP contribution in [0.2, 0.25) is 0 Å². The van der Waals surface area contributed by atoms with Crippen LogP contribution in [-0.2, 0) is 13.0 Å². The Balaban J connectivity index is 1.33. The smallest absolute Gasteiger partial charge is 0.267 e. The molecule has 34 heavy (non-hydrogen) atoms. The standard InChI is InChI=1S/C25H23N5O2S2/c1-13-19-23(28-18-10-4-3-7-11-30(18)24(19)32)34-21(13)22(31)29-25-27-17(12-33-25)20-14(2)26-16-9-6-5-8-15(16)20/h5-6,8-9,12,26H,3-4,7,10-11H2,1-2H3,(H,27,29,31). The maximum atomic E-state index is 13.2. The van der Waals surface area contributed by atoms with Crippen molar-refractivity contribution in [3.63, 3.8) is 0 Å². The van der Waals surface area contributed by atoms with Crippen LogP contribution in [0.4, 0.5) is 5.13 Å². The Morgan fingerprint density at radius 2 is 2.00 bits per heavy atom. The van der Waals surface area contributed by atoms with E-state index in [1.807, 2.05) is 37.4 Å². The number of amides is 1. The first-order valence-electron chi connectivity index (χ1n) is 11.4. The van der Waals surface area contributed by atoms with E-state index in [0.717, 1.165) is 59.4 Å². The summed E-state index contributed by atoms with van der Waals surface area (Å²) in [4.78, 5) is 40.4. The fourth-order valence-electron chi connectivity index (χ4n) is 4.83. The van der Waals surface area contributed by atoms with E-state index < -0.39 is 0 Å². The van der Waals surface area contributed by atoms with E-state index >= 15 is 0 Å². The number of hydrogen-bond acceptors (Lipinski definition) is 6. The average molecular weight is 490 g/mol. The zero-order valence-corrected chi connectivity index (χ0v) is 20.5. The van der Waals surface area contributed by atoms with Crippen molar-refractivity contribution in [1.82, 2.24) is 19.5 Å². The minimum atomic E-state index is -0.253. The molecule has 1 aromatic carbocycles. The second-order valence-corrected chi connectivity index (χ2v) is 10.6. The van der Waals surface area contributed by atoms with Gasteiger partial charge in [-0.25, -0.2) is 9.97 Å². The number of nitrogens with one attached hydrogen (secondary N) is 2. The van der Waals surface area contributed by atoms with Crippen LogP contribution in [0.1, 0.15) is 46.0 Å². The lowest BCUT2D eigenvalue weighted by atomic mass is 10.1. The largest absolute Gasteiger partial charge is 0.358 e. The predicted octanol–water partition coefficient (Wildman–Crippen LogP) is 5.66. The minimum absolute atomic E-state index is 0.0268. The van der Waals surface area contributed by atoms with Gasteiger partial charge in [0.2, 0.25) is 0 Å². The van der Waals surface area contributed by atoms with Crippen LogP contribution < -0.4 is 10.9 Å². The van der Waals surface area contributed by atoms with Gasteiger partial charge in [0.05, 0.1) is 16.0 Å². The Morgan fingerprint density at radius 3 is 2.88 bits per heavy atom. The molecule has 0 aliphatic carbocycles. The van der Waals surface area contributed by atoms with Crippen LogP contribution in [0.25, 0.3) is 32.4 Å². The molecule has 5 aromatic rings. The third-order valence-corrected chi connectivity index (χ3v) is 8.43. The number of thiazole rings is 1. The highest BCUT2D eigenvalue weighted by Crippen LogP contribution is 2.35. The van der Waals surface area contributed by atoms with E-state index in [-0.39, 0.29) is 11.5 Å². The molecule has 0 radical (unpaired) electrons. The van der Waals surface area contributed by atoms with Gasteiger partial charge in [-0.1, -0.05) is 24.6 Å². The fraction of sp³-hybridized carbons (Fsp3) is 0.280. The van der Waals surface area contributed by atoms with Crippen molar-refractivity contribution < 1.29 is 4.79 Å². The van der Waals surface area contributed by atoms with E-state index in [2.05, 4.69) is 16.4 Å². The molecule has 5 heterocycles. The molecule has 6 rings (SSSR count). The van der Waals surface area contributed by atoms with Gasteiger partial charge in [0.25, 0.3) is 11.5 Å². The van der Waals surface area contributed by atoms with Crippen LogP contribution in [-0.4, -0.2) is 25.4 Å². The van der Waals surface area contributed by atoms with E-state index in [0.29, 0.717) is 32.3 Å². The number of H-pyrrole nitrogens is 1. The summed E-state index contributed by atoms with van der Waals surface area (Å²) in [6, 6.07) is 8.12. The van der Waals surface area contributed by atoms with Gasteiger partial charge >= 0.3 is 0 Å². The van der Waals surface area contributed by atoms with Crippen LogP contribution in [0.3, 0.4) is 0 Å². The zero-order chi connectivity index (χ0) is 23.4. The molecule has 7 nitrogen and oxygen atoms in total. The number of hydrogen-bond donors (Lipinski definition) is 2. The molecule has 0 spiro atoms. The van der Waals surface area contributed by atoms with Gasteiger partial charge in [0, 0.05) is 40.5 Å². The third kappa shape index (κ3) is 3.38. The number of benzene rings is 1. The molecule has 172 valence electrons. The number of aromatic amines is 1. The number of aryl methyl sites for hydroxylation is 3. The summed E-state index contributed by atoms with van der Waals surface area (Å²) in [5, 5.41) is 7.10. The first-order chi connectivity index (χ1) is 16.5. The fourth-order valence-corrected chi connectivity index (χ4v) is 6.62. The summed E-state index contributed by atoms with van der Waals surface area (Å²) in [6.07, 6.45) is 3.94. The molecule has 0 fully saturated rings. The van der Waals surface area contributed by atoms with Gasteiger partial charge in [0.1, 0.15) is 10.7 Å². The maximum absolute atomic E-state index is 13.2. The van der Waals surface area contributed by atoms with Crippen molar-refractivity contribution in [3.05, 3.63) is 62.0 Å². The lowest BCUT2D eigenvalue weighted by Gasteiger charge is -2.08. The minimum Gasteiger partial charge on any atom is -0.358 e. The SMILES string of the molecule is Cc1[nH]c2ccccc2c1-c1csc(NC(=O)c2sc3nc4n(c(=O)c3c2C)CCCCC4)n1. The van der Waals surface area contributed by atoms with Crippen molar-refractivity contribution in [3.8, 4) is 11.3 Å². The molecule has 2 N–H and O–H groups in total. The summed E-state index contributed by atoms with van der Waals surface area (Å²) >= 11 is 2.68. The molecular weight excluding hydrogens is 466 g/mol.